The zero-order valence-electron chi connectivity index (χ0n) is 13.9. The number of carbonyl (C=O) groups is 1. The summed E-state index contributed by atoms with van der Waals surface area (Å²) in [6.07, 6.45) is 6.14. The summed E-state index contributed by atoms with van der Waals surface area (Å²) in [5.41, 5.74) is 2.67. The van der Waals surface area contributed by atoms with Gasteiger partial charge in [0.1, 0.15) is 0 Å². The van der Waals surface area contributed by atoms with E-state index in [4.69, 9.17) is 0 Å². The molecule has 1 heterocycles. The number of thioether (sulfide) groups is 1. The van der Waals surface area contributed by atoms with E-state index in [0.717, 1.165) is 25.0 Å². The molecule has 2 rings (SSSR count). The van der Waals surface area contributed by atoms with Gasteiger partial charge in [-0.15, -0.1) is 0 Å². The first-order chi connectivity index (χ1) is 11.1. The molecule has 1 aromatic heterocycles. The molecule has 0 aliphatic heterocycles. The maximum atomic E-state index is 12.4. The number of hydrogen-bond acceptors (Lipinski definition) is 4. The van der Waals surface area contributed by atoms with Crippen LogP contribution in [0.25, 0.3) is 0 Å². The summed E-state index contributed by atoms with van der Waals surface area (Å²) in [6.45, 7) is 4.03. The van der Waals surface area contributed by atoms with Crippen molar-refractivity contribution in [1.82, 2.24) is 15.3 Å². The molecule has 23 heavy (non-hydrogen) atoms. The van der Waals surface area contributed by atoms with Crippen LogP contribution in [0.2, 0.25) is 0 Å². The molecular formula is C18H23N3OS. The molecule has 122 valence electrons. The number of aromatic nitrogens is 2. The lowest BCUT2D eigenvalue weighted by Crippen LogP contribution is -2.33. The van der Waals surface area contributed by atoms with E-state index >= 15 is 0 Å². The number of aryl methyl sites for hydroxylation is 2. The highest BCUT2D eigenvalue weighted by Crippen LogP contribution is 2.13. The maximum absolute atomic E-state index is 12.4. The molecule has 0 fully saturated rings. The summed E-state index contributed by atoms with van der Waals surface area (Å²) in [4.78, 5) is 21.1. The lowest BCUT2D eigenvalue weighted by atomic mass is 10.1. The first kappa shape index (κ1) is 17.5. The van der Waals surface area contributed by atoms with Crippen LogP contribution in [0.1, 0.15) is 41.9 Å². The van der Waals surface area contributed by atoms with E-state index in [-0.39, 0.29) is 11.9 Å². The molecule has 0 bridgehead atoms. The van der Waals surface area contributed by atoms with Gasteiger partial charge in [0.05, 0.1) is 11.3 Å². The van der Waals surface area contributed by atoms with Crippen molar-refractivity contribution in [2.24, 2.45) is 0 Å². The van der Waals surface area contributed by atoms with E-state index in [0.29, 0.717) is 10.7 Å². The van der Waals surface area contributed by atoms with Gasteiger partial charge in [-0.3, -0.25) is 4.79 Å². The van der Waals surface area contributed by atoms with Crippen molar-refractivity contribution in [3.63, 3.8) is 0 Å². The maximum Gasteiger partial charge on any atom is 0.254 e. The summed E-state index contributed by atoms with van der Waals surface area (Å²) in [7, 11) is 0. The van der Waals surface area contributed by atoms with Crippen LogP contribution < -0.4 is 5.32 Å². The van der Waals surface area contributed by atoms with Gasteiger partial charge in [0.15, 0.2) is 5.16 Å². The van der Waals surface area contributed by atoms with Crippen LogP contribution in [0.5, 0.6) is 0 Å². The summed E-state index contributed by atoms with van der Waals surface area (Å²) in [6, 6.07) is 10.4. The molecule has 0 aliphatic rings. The van der Waals surface area contributed by atoms with Gasteiger partial charge in [-0.2, -0.15) is 0 Å². The van der Waals surface area contributed by atoms with Gasteiger partial charge in [-0.25, -0.2) is 9.97 Å². The van der Waals surface area contributed by atoms with E-state index in [1.165, 1.54) is 17.3 Å². The number of nitrogens with zero attached hydrogens (tertiary/aromatic N) is 2. The highest BCUT2D eigenvalue weighted by Gasteiger charge is 2.15. The summed E-state index contributed by atoms with van der Waals surface area (Å²) < 4.78 is 0. The van der Waals surface area contributed by atoms with Crippen molar-refractivity contribution in [2.45, 2.75) is 44.3 Å². The van der Waals surface area contributed by atoms with Crippen molar-refractivity contribution in [3.8, 4) is 0 Å². The Labute approximate surface area is 142 Å². The standard InChI is InChI=1S/C18H23N3OS/c1-4-16-15(12-19-18(21-16)23-3)17(22)20-13(2)10-11-14-8-6-5-7-9-14/h5-9,12-13H,4,10-11H2,1-3H3,(H,20,22). The Morgan fingerprint density at radius 2 is 2.04 bits per heavy atom. The van der Waals surface area contributed by atoms with Crippen molar-refractivity contribution < 1.29 is 4.79 Å². The SMILES string of the molecule is CCc1nc(SC)ncc1C(=O)NC(C)CCc1ccccc1. The largest absolute Gasteiger partial charge is 0.349 e. The Hall–Kier alpha value is -1.88. The van der Waals surface area contributed by atoms with Crippen LogP contribution in [-0.2, 0) is 12.8 Å². The van der Waals surface area contributed by atoms with Crippen LogP contribution in [0.3, 0.4) is 0 Å². The molecule has 4 nitrogen and oxygen atoms in total. The highest BCUT2D eigenvalue weighted by molar-refractivity contribution is 7.98. The number of hydrogen-bond donors (Lipinski definition) is 1. The van der Waals surface area contributed by atoms with Crippen LogP contribution >= 0.6 is 11.8 Å². The van der Waals surface area contributed by atoms with Gasteiger partial charge < -0.3 is 5.32 Å². The zero-order valence-corrected chi connectivity index (χ0v) is 14.7. The molecule has 1 unspecified atom stereocenters. The van der Waals surface area contributed by atoms with Crippen LogP contribution in [0, 0.1) is 0 Å². The number of carbonyl (C=O) groups excluding carboxylic acids is 1. The molecule has 1 aromatic carbocycles. The molecular weight excluding hydrogens is 306 g/mol. The summed E-state index contributed by atoms with van der Waals surface area (Å²) in [5.74, 6) is -0.0879. The molecule has 1 N–H and O–H groups in total. The predicted octanol–water partition coefficient (Wildman–Crippen LogP) is 3.51. The monoisotopic (exact) mass is 329 g/mol. The fourth-order valence-electron chi connectivity index (χ4n) is 2.36. The van der Waals surface area contributed by atoms with Crippen molar-refractivity contribution >= 4 is 17.7 Å². The normalized spacial score (nSPS) is 12.0. The van der Waals surface area contributed by atoms with Crippen LogP contribution in [0.4, 0.5) is 0 Å². The second-order valence-corrected chi connectivity index (χ2v) is 6.24. The average Bonchev–Trinajstić information content (AvgIpc) is 2.60. The third-order valence-corrected chi connectivity index (χ3v) is 4.26. The highest BCUT2D eigenvalue weighted by atomic mass is 32.2. The number of nitrogens with one attached hydrogen (secondary N) is 1. The molecule has 0 saturated heterocycles. The lowest BCUT2D eigenvalue weighted by molar-refractivity contribution is 0.0936. The van der Waals surface area contributed by atoms with Crippen molar-refractivity contribution in [3.05, 3.63) is 53.3 Å². The zero-order chi connectivity index (χ0) is 16.7. The fourth-order valence-corrected chi connectivity index (χ4v) is 2.72. The Bertz CT molecular complexity index is 646. The Morgan fingerprint density at radius 1 is 1.30 bits per heavy atom. The van der Waals surface area contributed by atoms with Crippen molar-refractivity contribution in [1.29, 1.82) is 0 Å². The van der Waals surface area contributed by atoms with Gasteiger partial charge in [-0.1, -0.05) is 49.0 Å². The Kier molecular flexibility index (Phi) is 6.59. The van der Waals surface area contributed by atoms with E-state index < -0.39 is 0 Å². The number of amides is 1. The molecule has 0 radical (unpaired) electrons. The molecule has 2 aromatic rings. The van der Waals surface area contributed by atoms with E-state index in [2.05, 4.69) is 27.4 Å². The first-order valence-corrected chi connectivity index (χ1v) is 9.11. The second kappa shape index (κ2) is 8.67. The topological polar surface area (TPSA) is 54.9 Å². The Morgan fingerprint density at radius 3 is 2.70 bits per heavy atom. The van der Waals surface area contributed by atoms with Crippen LogP contribution in [0.15, 0.2) is 41.7 Å². The van der Waals surface area contributed by atoms with Gasteiger partial charge >= 0.3 is 0 Å². The van der Waals surface area contributed by atoms with Gasteiger partial charge in [0, 0.05) is 12.2 Å². The van der Waals surface area contributed by atoms with Gasteiger partial charge in [0.2, 0.25) is 0 Å². The predicted molar refractivity (Wildman–Crippen MR) is 94.9 cm³/mol. The molecule has 5 heteroatoms. The minimum atomic E-state index is -0.0879. The smallest absolute Gasteiger partial charge is 0.254 e. The molecule has 1 amide bonds. The minimum absolute atomic E-state index is 0.0879. The quantitative estimate of drug-likeness (QED) is 0.624. The summed E-state index contributed by atoms with van der Waals surface area (Å²) >= 11 is 1.48. The van der Waals surface area contributed by atoms with Gasteiger partial charge in [-0.05, 0) is 38.0 Å². The average molecular weight is 329 g/mol. The van der Waals surface area contributed by atoms with E-state index in [1.54, 1.807) is 6.20 Å². The molecule has 0 spiro atoms. The third kappa shape index (κ3) is 5.06. The van der Waals surface area contributed by atoms with E-state index in [1.807, 2.05) is 38.3 Å². The fraction of sp³-hybridized carbons (Fsp3) is 0.389. The van der Waals surface area contributed by atoms with Crippen LogP contribution in [-0.4, -0.2) is 28.2 Å². The number of rotatable bonds is 7. The van der Waals surface area contributed by atoms with Gasteiger partial charge in [0.25, 0.3) is 5.91 Å². The third-order valence-electron chi connectivity index (χ3n) is 3.69. The molecule has 0 saturated carbocycles. The van der Waals surface area contributed by atoms with Crippen molar-refractivity contribution in [2.75, 3.05) is 6.26 Å². The van der Waals surface area contributed by atoms with E-state index in [9.17, 15) is 4.79 Å². The molecule has 1 atom stereocenters. The Balaban J connectivity index is 1.95. The first-order valence-electron chi connectivity index (χ1n) is 7.88. The number of benzene rings is 1. The second-order valence-electron chi connectivity index (χ2n) is 5.47. The summed E-state index contributed by atoms with van der Waals surface area (Å²) in [5, 5.41) is 3.76. The molecule has 0 aliphatic carbocycles. The minimum Gasteiger partial charge on any atom is -0.349 e. The lowest BCUT2D eigenvalue weighted by Gasteiger charge is -2.15.